The number of nitrogens with zero attached hydrogens (tertiary/aromatic N) is 3. The van der Waals surface area contributed by atoms with Gasteiger partial charge in [0.15, 0.2) is 0 Å². The maximum absolute atomic E-state index is 6.16. The number of nitrogen functional groups attached to an aromatic ring is 1. The van der Waals surface area contributed by atoms with Crippen molar-refractivity contribution >= 4 is 23.3 Å². The third-order valence-corrected chi connectivity index (χ3v) is 4.14. The maximum Gasteiger partial charge on any atom is 0.150 e. The minimum atomic E-state index is 0.674. The van der Waals surface area contributed by atoms with Crippen LogP contribution in [0, 0.1) is 0 Å². The van der Waals surface area contributed by atoms with Crippen molar-refractivity contribution < 1.29 is 0 Å². The number of thioether (sulfide) groups is 1. The summed E-state index contributed by atoms with van der Waals surface area (Å²) in [6.45, 7) is 6.50. The molecular formula is C11H20N4S. The molecule has 2 heterocycles. The lowest BCUT2D eigenvalue weighted by atomic mass is 10.2. The maximum atomic E-state index is 6.16. The van der Waals surface area contributed by atoms with Crippen LogP contribution >= 0.6 is 11.8 Å². The highest BCUT2D eigenvalue weighted by atomic mass is 32.2. The zero-order valence-electron chi connectivity index (χ0n) is 10.2. The van der Waals surface area contributed by atoms with Crippen LogP contribution in [-0.4, -0.2) is 33.9 Å². The first kappa shape index (κ1) is 11.6. The molecule has 2 rings (SSSR count). The zero-order chi connectivity index (χ0) is 11.7. The van der Waals surface area contributed by atoms with Gasteiger partial charge < -0.3 is 10.6 Å². The lowest BCUT2D eigenvalue weighted by Gasteiger charge is -2.32. The molecule has 0 bridgehead atoms. The van der Waals surface area contributed by atoms with E-state index in [-0.39, 0.29) is 0 Å². The molecule has 1 saturated heterocycles. The predicted octanol–water partition coefficient (Wildman–Crippen LogP) is 1.51. The quantitative estimate of drug-likeness (QED) is 0.851. The minimum Gasteiger partial charge on any atom is -0.394 e. The average Bonchev–Trinajstić information content (AvgIpc) is 2.53. The number of nitrogens with two attached hydrogens (primary N) is 1. The Balaban J connectivity index is 2.28. The summed E-state index contributed by atoms with van der Waals surface area (Å²) in [6.07, 6.45) is 0.901. The van der Waals surface area contributed by atoms with Crippen LogP contribution in [0.2, 0.25) is 0 Å². The Morgan fingerprint density at radius 1 is 1.56 bits per heavy atom. The Bertz CT molecular complexity index is 374. The minimum absolute atomic E-state index is 0.674. The predicted molar refractivity (Wildman–Crippen MR) is 71.1 cm³/mol. The number of hydrogen-bond donors (Lipinski definition) is 1. The Morgan fingerprint density at radius 2 is 2.31 bits per heavy atom. The fourth-order valence-corrected chi connectivity index (χ4v) is 3.25. The van der Waals surface area contributed by atoms with Crippen LogP contribution in [0.25, 0.3) is 0 Å². The van der Waals surface area contributed by atoms with Gasteiger partial charge in [-0.15, -0.1) is 0 Å². The molecule has 0 aliphatic carbocycles. The van der Waals surface area contributed by atoms with Crippen molar-refractivity contribution in [3.63, 3.8) is 0 Å². The molecule has 1 aliphatic rings. The Kier molecular flexibility index (Phi) is 3.33. The van der Waals surface area contributed by atoms with Gasteiger partial charge in [0.25, 0.3) is 0 Å². The number of rotatable bonds is 2. The van der Waals surface area contributed by atoms with Crippen molar-refractivity contribution in [2.75, 3.05) is 29.5 Å². The molecule has 1 fully saturated rings. The fraction of sp³-hybridized carbons (Fsp3) is 0.727. The molecule has 1 aromatic rings. The van der Waals surface area contributed by atoms with E-state index in [0.29, 0.717) is 5.25 Å². The highest BCUT2D eigenvalue weighted by Gasteiger charge is 2.23. The average molecular weight is 240 g/mol. The molecule has 1 atom stereocenters. The number of anilines is 2. The van der Waals surface area contributed by atoms with Crippen LogP contribution in [0.3, 0.4) is 0 Å². The van der Waals surface area contributed by atoms with Crippen molar-refractivity contribution in [2.24, 2.45) is 7.05 Å². The third-order valence-electron chi connectivity index (χ3n) is 3.00. The zero-order valence-corrected chi connectivity index (χ0v) is 11.0. The molecule has 0 saturated carbocycles. The van der Waals surface area contributed by atoms with Crippen molar-refractivity contribution in [3.05, 3.63) is 5.69 Å². The van der Waals surface area contributed by atoms with Crippen LogP contribution in [0.1, 0.15) is 19.5 Å². The third kappa shape index (κ3) is 2.00. The molecule has 2 N–H and O–H groups in total. The summed E-state index contributed by atoms with van der Waals surface area (Å²) in [5.74, 6) is 2.27. The second kappa shape index (κ2) is 4.57. The van der Waals surface area contributed by atoms with E-state index >= 15 is 0 Å². The van der Waals surface area contributed by atoms with Gasteiger partial charge in [-0.3, -0.25) is 4.68 Å². The lowest BCUT2D eigenvalue weighted by Crippen LogP contribution is -2.38. The highest BCUT2D eigenvalue weighted by molar-refractivity contribution is 8.00. The molecular weight excluding hydrogens is 220 g/mol. The normalized spacial score (nSPS) is 21.4. The molecule has 1 unspecified atom stereocenters. The van der Waals surface area contributed by atoms with Crippen LogP contribution in [0.5, 0.6) is 0 Å². The van der Waals surface area contributed by atoms with Crippen LogP contribution < -0.4 is 10.6 Å². The van der Waals surface area contributed by atoms with Gasteiger partial charge in [-0.1, -0.05) is 13.8 Å². The highest BCUT2D eigenvalue weighted by Crippen LogP contribution is 2.30. The Hall–Kier alpha value is -0.840. The number of hydrogen-bond acceptors (Lipinski definition) is 4. The summed E-state index contributed by atoms with van der Waals surface area (Å²) in [5, 5.41) is 5.15. The van der Waals surface area contributed by atoms with E-state index < -0.39 is 0 Å². The molecule has 0 radical (unpaired) electrons. The Labute approximate surface area is 101 Å². The first-order valence-corrected chi connectivity index (χ1v) is 6.86. The van der Waals surface area contributed by atoms with Gasteiger partial charge in [0.05, 0.1) is 11.4 Å². The second-order valence-electron chi connectivity index (χ2n) is 4.29. The molecule has 0 aromatic carbocycles. The van der Waals surface area contributed by atoms with Gasteiger partial charge in [-0.05, 0) is 6.42 Å². The summed E-state index contributed by atoms with van der Waals surface area (Å²) < 4.78 is 1.93. The van der Waals surface area contributed by atoms with E-state index in [4.69, 9.17) is 5.73 Å². The molecule has 16 heavy (non-hydrogen) atoms. The molecule has 0 amide bonds. The molecule has 90 valence electrons. The molecule has 1 aromatic heterocycles. The lowest BCUT2D eigenvalue weighted by molar-refractivity contribution is 0.691. The van der Waals surface area contributed by atoms with Crippen LogP contribution in [0.15, 0.2) is 0 Å². The summed E-state index contributed by atoms with van der Waals surface area (Å²) >= 11 is 2.03. The Morgan fingerprint density at radius 3 is 2.88 bits per heavy atom. The summed E-state index contributed by atoms with van der Waals surface area (Å²) in [7, 11) is 1.98. The van der Waals surface area contributed by atoms with E-state index in [0.717, 1.165) is 36.7 Å². The van der Waals surface area contributed by atoms with E-state index in [2.05, 4.69) is 23.8 Å². The van der Waals surface area contributed by atoms with Gasteiger partial charge in [-0.2, -0.15) is 16.9 Å². The van der Waals surface area contributed by atoms with E-state index in [1.807, 2.05) is 23.5 Å². The molecule has 1 aliphatic heterocycles. The smallest absolute Gasteiger partial charge is 0.150 e. The summed E-state index contributed by atoms with van der Waals surface area (Å²) in [5.41, 5.74) is 8.04. The van der Waals surface area contributed by atoms with Crippen molar-refractivity contribution in [1.29, 1.82) is 0 Å². The molecule has 0 spiro atoms. The van der Waals surface area contributed by atoms with E-state index in [1.54, 1.807) is 0 Å². The van der Waals surface area contributed by atoms with Gasteiger partial charge in [0.1, 0.15) is 5.82 Å². The monoisotopic (exact) mass is 240 g/mol. The first-order valence-electron chi connectivity index (χ1n) is 5.81. The van der Waals surface area contributed by atoms with Crippen molar-refractivity contribution in [3.8, 4) is 0 Å². The van der Waals surface area contributed by atoms with Crippen LogP contribution in [0.4, 0.5) is 11.5 Å². The number of aryl methyl sites for hydroxylation is 2. The van der Waals surface area contributed by atoms with Gasteiger partial charge in [0, 0.05) is 31.1 Å². The van der Waals surface area contributed by atoms with Crippen molar-refractivity contribution in [1.82, 2.24) is 9.78 Å². The van der Waals surface area contributed by atoms with Crippen molar-refractivity contribution in [2.45, 2.75) is 25.5 Å². The largest absolute Gasteiger partial charge is 0.394 e. The molecule has 5 heteroatoms. The van der Waals surface area contributed by atoms with E-state index in [1.165, 1.54) is 5.75 Å². The fourth-order valence-electron chi connectivity index (χ4n) is 2.23. The van der Waals surface area contributed by atoms with Crippen LogP contribution in [-0.2, 0) is 13.5 Å². The number of aromatic nitrogens is 2. The van der Waals surface area contributed by atoms with Gasteiger partial charge in [-0.25, -0.2) is 0 Å². The SMILES string of the molecule is CCc1nn(C)c(N2CCSC(C)C2)c1N. The van der Waals surface area contributed by atoms with Gasteiger partial charge >= 0.3 is 0 Å². The topological polar surface area (TPSA) is 47.1 Å². The first-order chi connectivity index (χ1) is 7.63. The van der Waals surface area contributed by atoms with Gasteiger partial charge in [0.2, 0.25) is 0 Å². The summed E-state index contributed by atoms with van der Waals surface area (Å²) in [6, 6.07) is 0. The summed E-state index contributed by atoms with van der Waals surface area (Å²) in [4.78, 5) is 2.36. The molecule has 4 nitrogen and oxygen atoms in total. The van der Waals surface area contributed by atoms with E-state index in [9.17, 15) is 0 Å². The second-order valence-corrected chi connectivity index (χ2v) is 5.83. The standard InChI is InChI=1S/C11H20N4S/c1-4-9-10(12)11(14(3)13-9)15-5-6-16-8(2)7-15/h8H,4-7,12H2,1-3H3.